The highest BCUT2D eigenvalue weighted by molar-refractivity contribution is 6.30. The standard InChI is InChI=1S/C22H24ClN5O3/c1-14-4-9-18(12-15(14)2)25-22(30)28(3)11-10-19-26-21(31-27-19)20(29)24-13-16-5-7-17(23)8-6-16/h4-9,12H,10-11,13H2,1-3H3,(H,24,29)(H,25,30). The fourth-order valence-corrected chi connectivity index (χ4v) is 2.84. The van der Waals surface area contributed by atoms with Crippen molar-refractivity contribution in [3.05, 3.63) is 75.9 Å². The van der Waals surface area contributed by atoms with E-state index in [2.05, 4.69) is 20.8 Å². The van der Waals surface area contributed by atoms with E-state index in [4.69, 9.17) is 16.1 Å². The van der Waals surface area contributed by atoms with Gasteiger partial charge in [-0.1, -0.05) is 35.0 Å². The second kappa shape index (κ2) is 10.1. The summed E-state index contributed by atoms with van der Waals surface area (Å²) in [5, 5.41) is 10.0. The molecule has 0 bridgehead atoms. The number of aromatic nitrogens is 2. The van der Waals surface area contributed by atoms with Crippen LogP contribution in [-0.2, 0) is 13.0 Å². The summed E-state index contributed by atoms with van der Waals surface area (Å²) in [7, 11) is 1.68. The van der Waals surface area contributed by atoms with Gasteiger partial charge in [-0.25, -0.2) is 4.79 Å². The van der Waals surface area contributed by atoms with Gasteiger partial charge in [0.2, 0.25) is 0 Å². The second-order valence-corrected chi connectivity index (χ2v) is 7.66. The van der Waals surface area contributed by atoms with Gasteiger partial charge in [0.1, 0.15) is 0 Å². The van der Waals surface area contributed by atoms with Crippen molar-refractivity contribution in [2.45, 2.75) is 26.8 Å². The van der Waals surface area contributed by atoms with Gasteiger partial charge < -0.3 is 20.1 Å². The molecule has 8 nitrogen and oxygen atoms in total. The van der Waals surface area contributed by atoms with Gasteiger partial charge in [-0.2, -0.15) is 4.98 Å². The number of hydrogen-bond donors (Lipinski definition) is 2. The van der Waals surface area contributed by atoms with Crippen LogP contribution in [0, 0.1) is 13.8 Å². The maximum absolute atomic E-state index is 12.4. The molecular formula is C22H24ClN5O3. The van der Waals surface area contributed by atoms with E-state index in [0.717, 1.165) is 22.4 Å². The van der Waals surface area contributed by atoms with Gasteiger partial charge in [-0.05, 0) is 54.8 Å². The predicted octanol–water partition coefficient (Wildman–Crippen LogP) is 3.98. The summed E-state index contributed by atoms with van der Waals surface area (Å²) in [5.41, 5.74) is 3.90. The van der Waals surface area contributed by atoms with Gasteiger partial charge >= 0.3 is 17.8 Å². The van der Waals surface area contributed by atoms with Crippen molar-refractivity contribution in [3.8, 4) is 0 Å². The molecule has 2 aromatic carbocycles. The van der Waals surface area contributed by atoms with Crippen LogP contribution in [0.2, 0.25) is 5.02 Å². The maximum atomic E-state index is 12.4. The molecule has 3 aromatic rings. The molecule has 3 amide bonds. The molecule has 9 heteroatoms. The molecule has 162 valence electrons. The molecule has 1 heterocycles. The Morgan fingerprint density at radius 1 is 1.10 bits per heavy atom. The minimum Gasteiger partial charge on any atom is -0.344 e. The van der Waals surface area contributed by atoms with Crippen molar-refractivity contribution < 1.29 is 14.1 Å². The van der Waals surface area contributed by atoms with Crippen molar-refractivity contribution in [1.29, 1.82) is 0 Å². The maximum Gasteiger partial charge on any atom is 0.321 e. The summed E-state index contributed by atoms with van der Waals surface area (Å²) >= 11 is 5.85. The minimum absolute atomic E-state index is 0.119. The van der Waals surface area contributed by atoms with E-state index in [9.17, 15) is 9.59 Å². The zero-order chi connectivity index (χ0) is 22.4. The zero-order valence-corrected chi connectivity index (χ0v) is 18.4. The van der Waals surface area contributed by atoms with Crippen LogP contribution in [0.25, 0.3) is 0 Å². The van der Waals surface area contributed by atoms with Crippen LogP contribution < -0.4 is 10.6 Å². The lowest BCUT2D eigenvalue weighted by atomic mass is 10.1. The number of nitrogens with one attached hydrogen (secondary N) is 2. The normalized spacial score (nSPS) is 10.6. The summed E-state index contributed by atoms with van der Waals surface area (Å²) < 4.78 is 5.03. The lowest BCUT2D eigenvalue weighted by Gasteiger charge is -2.17. The van der Waals surface area contributed by atoms with Crippen LogP contribution in [0.15, 0.2) is 47.0 Å². The Bertz CT molecular complexity index is 1070. The van der Waals surface area contributed by atoms with Crippen molar-refractivity contribution in [3.63, 3.8) is 0 Å². The summed E-state index contributed by atoms with van der Waals surface area (Å²) in [6, 6.07) is 12.6. The Balaban J connectivity index is 1.47. The van der Waals surface area contributed by atoms with E-state index >= 15 is 0 Å². The molecule has 1 aromatic heterocycles. The van der Waals surface area contributed by atoms with E-state index in [-0.39, 0.29) is 11.9 Å². The number of benzene rings is 2. The molecule has 31 heavy (non-hydrogen) atoms. The SMILES string of the molecule is Cc1ccc(NC(=O)N(C)CCc2noc(C(=O)NCc3ccc(Cl)cc3)n2)cc1C. The van der Waals surface area contributed by atoms with Crippen molar-refractivity contribution in [1.82, 2.24) is 20.4 Å². The highest BCUT2D eigenvalue weighted by Crippen LogP contribution is 2.14. The summed E-state index contributed by atoms with van der Waals surface area (Å²) in [4.78, 5) is 30.2. The Morgan fingerprint density at radius 2 is 1.84 bits per heavy atom. The third-order valence-electron chi connectivity index (χ3n) is 4.80. The zero-order valence-electron chi connectivity index (χ0n) is 17.6. The van der Waals surface area contributed by atoms with E-state index in [1.54, 1.807) is 19.2 Å². The highest BCUT2D eigenvalue weighted by atomic mass is 35.5. The van der Waals surface area contributed by atoms with Crippen LogP contribution >= 0.6 is 11.6 Å². The van der Waals surface area contributed by atoms with Gasteiger partial charge in [0, 0.05) is 37.3 Å². The van der Waals surface area contributed by atoms with Crippen molar-refractivity contribution >= 4 is 29.2 Å². The summed E-state index contributed by atoms with van der Waals surface area (Å²) in [5.74, 6) is -0.233. The number of likely N-dealkylation sites (N-methyl/N-ethyl adjacent to an activating group) is 1. The third kappa shape index (κ3) is 6.29. The average molecular weight is 442 g/mol. The van der Waals surface area contributed by atoms with Crippen LogP contribution in [0.4, 0.5) is 10.5 Å². The number of halogens is 1. The van der Waals surface area contributed by atoms with Crippen molar-refractivity contribution in [2.24, 2.45) is 0 Å². The van der Waals surface area contributed by atoms with Crippen LogP contribution in [0.3, 0.4) is 0 Å². The average Bonchev–Trinajstić information content (AvgIpc) is 3.23. The number of rotatable bonds is 7. The van der Waals surface area contributed by atoms with Crippen molar-refractivity contribution in [2.75, 3.05) is 18.9 Å². The quantitative estimate of drug-likeness (QED) is 0.577. The molecule has 3 rings (SSSR count). The lowest BCUT2D eigenvalue weighted by molar-refractivity contribution is 0.0907. The Labute approximate surface area is 185 Å². The lowest BCUT2D eigenvalue weighted by Crippen LogP contribution is -2.33. The van der Waals surface area contributed by atoms with Gasteiger partial charge in [-0.3, -0.25) is 4.79 Å². The monoisotopic (exact) mass is 441 g/mol. The fraction of sp³-hybridized carbons (Fsp3) is 0.273. The highest BCUT2D eigenvalue weighted by Gasteiger charge is 2.16. The van der Waals surface area contributed by atoms with E-state index in [0.29, 0.717) is 30.4 Å². The third-order valence-corrected chi connectivity index (χ3v) is 5.06. The first-order valence-electron chi connectivity index (χ1n) is 9.76. The molecule has 0 aliphatic heterocycles. The second-order valence-electron chi connectivity index (χ2n) is 7.23. The number of amides is 3. The molecule has 0 spiro atoms. The first kappa shape index (κ1) is 22.3. The number of hydrogen-bond acceptors (Lipinski definition) is 5. The Morgan fingerprint density at radius 3 is 2.55 bits per heavy atom. The topological polar surface area (TPSA) is 100 Å². The van der Waals surface area contributed by atoms with Gasteiger partial charge in [0.15, 0.2) is 5.82 Å². The number of urea groups is 1. The first-order chi connectivity index (χ1) is 14.8. The molecular weight excluding hydrogens is 418 g/mol. The number of carbonyl (C=O) groups is 2. The molecule has 0 fully saturated rings. The van der Waals surface area contributed by atoms with Crippen LogP contribution in [0.1, 0.15) is 33.2 Å². The largest absolute Gasteiger partial charge is 0.344 e. The van der Waals surface area contributed by atoms with E-state index in [1.807, 2.05) is 44.2 Å². The Hall–Kier alpha value is -3.39. The molecule has 0 saturated heterocycles. The number of nitrogens with zero attached hydrogens (tertiary/aromatic N) is 3. The molecule has 0 radical (unpaired) electrons. The number of aryl methyl sites for hydroxylation is 2. The number of carbonyl (C=O) groups excluding carboxylic acids is 2. The molecule has 0 saturated carbocycles. The summed E-state index contributed by atoms with van der Waals surface area (Å²) in [6.07, 6.45) is 0.352. The fourth-order valence-electron chi connectivity index (χ4n) is 2.72. The molecule has 2 N–H and O–H groups in total. The summed E-state index contributed by atoms with van der Waals surface area (Å²) in [6.45, 7) is 4.69. The molecule has 0 atom stereocenters. The molecule has 0 unspecified atom stereocenters. The van der Waals surface area contributed by atoms with Gasteiger partial charge in [-0.15, -0.1) is 0 Å². The first-order valence-corrected chi connectivity index (χ1v) is 10.1. The van der Waals surface area contributed by atoms with Gasteiger partial charge in [0.25, 0.3) is 0 Å². The van der Waals surface area contributed by atoms with E-state index < -0.39 is 5.91 Å². The Kier molecular flexibility index (Phi) is 7.25. The molecule has 0 aliphatic carbocycles. The van der Waals surface area contributed by atoms with E-state index in [1.165, 1.54) is 4.90 Å². The number of anilines is 1. The molecule has 0 aliphatic rings. The minimum atomic E-state index is -0.463. The predicted molar refractivity (Wildman–Crippen MR) is 118 cm³/mol. The van der Waals surface area contributed by atoms with Crippen LogP contribution in [-0.4, -0.2) is 40.6 Å². The van der Waals surface area contributed by atoms with Crippen LogP contribution in [0.5, 0.6) is 0 Å². The van der Waals surface area contributed by atoms with Gasteiger partial charge in [0.05, 0.1) is 0 Å². The smallest absolute Gasteiger partial charge is 0.321 e.